The van der Waals surface area contributed by atoms with E-state index in [0.29, 0.717) is 0 Å². The van der Waals surface area contributed by atoms with Crippen molar-refractivity contribution in [1.29, 1.82) is 0 Å². The lowest BCUT2D eigenvalue weighted by molar-refractivity contribution is 0.0695. The molecule has 0 amide bonds. The lowest BCUT2D eigenvalue weighted by Gasteiger charge is -2.16. The molecule has 7 heteroatoms. The van der Waals surface area contributed by atoms with E-state index in [1.54, 1.807) is 37.2 Å². The molecular weight excluding hydrogens is 245 g/mol. The van der Waals surface area contributed by atoms with E-state index in [9.17, 15) is 0 Å². The van der Waals surface area contributed by atoms with Crippen LogP contribution >= 0.6 is 0 Å². The minimum absolute atomic E-state index is 0.924. The van der Waals surface area contributed by atoms with Crippen LogP contribution < -0.4 is 14.3 Å². The van der Waals surface area contributed by atoms with Gasteiger partial charge in [-0.1, -0.05) is 0 Å². The molecule has 6 nitrogen and oxygen atoms in total. The Morgan fingerprint density at radius 2 is 0.737 bits per heavy atom. The van der Waals surface area contributed by atoms with Gasteiger partial charge in [-0.2, -0.15) is 0 Å². The van der Waals surface area contributed by atoms with Gasteiger partial charge < -0.3 is 14.3 Å². The summed E-state index contributed by atoms with van der Waals surface area (Å²) in [7, 11) is -0.924. The fourth-order valence-corrected chi connectivity index (χ4v) is 1.52. The Kier molecular flexibility index (Phi) is 3.18. The molecular formula is C12H12BN3O3. The van der Waals surface area contributed by atoms with E-state index < -0.39 is 7.32 Å². The molecule has 3 heterocycles. The van der Waals surface area contributed by atoms with E-state index in [1.165, 1.54) is 14.2 Å². The zero-order valence-corrected chi connectivity index (χ0v) is 10.1. The smallest absolute Gasteiger partial charge is 0.397 e. The molecule has 0 N–H and O–H groups in total. The van der Waals surface area contributed by atoms with Gasteiger partial charge in [0.25, 0.3) is 0 Å². The van der Waals surface area contributed by atoms with Crippen LogP contribution in [0.25, 0.3) is 0 Å². The summed E-state index contributed by atoms with van der Waals surface area (Å²) in [5, 5.41) is 0. The Balaban J connectivity index is 1.70. The van der Waals surface area contributed by atoms with Crippen molar-refractivity contribution in [2.45, 2.75) is 0 Å². The Morgan fingerprint density at radius 1 is 0.474 bits per heavy atom. The first-order valence-electron chi connectivity index (χ1n) is 5.80. The molecule has 0 spiro atoms. The molecule has 0 aliphatic carbocycles. The van der Waals surface area contributed by atoms with Crippen LogP contribution in [0, 0.1) is 0 Å². The monoisotopic (exact) mass is 257 g/mol. The van der Waals surface area contributed by atoms with Crippen LogP contribution in [-0.4, -0.2) is 21.5 Å². The van der Waals surface area contributed by atoms with Crippen LogP contribution in [0.2, 0.25) is 0 Å². The van der Waals surface area contributed by atoms with Crippen molar-refractivity contribution in [3.63, 3.8) is 0 Å². The second-order valence-corrected chi connectivity index (χ2v) is 3.73. The molecule has 3 aromatic heterocycles. The lowest BCUT2D eigenvalue weighted by Crippen LogP contribution is -2.47. The van der Waals surface area contributed by atoms with Gasteiger partial charge in [-0.25, -0.2) is 14.2 Å². The average Bonchev–Trinajstić information content (AvgIpc) is 3.10. The van der Waals surface area contributed by atoms with E-state index in [1.807, 2.05) is 36.4 Å². The summed E-state index contributed by atoms with van der Waals surface area (Å²) in [6.45, 7) is 0. The first kappa shape index (κ1) is 11.4. The molecule has 19 heavy (non-hydrogen) atoms. The van der Waals surface area contributed by atoms with Gasteiger partial charge in [0.1, 0.15) is 0 Å². The summed E-state index contributed by atoms with van der Waals surface area (Å²) < 4.78 is 21.1. The molecule has 96 valence electrons. The topological polar surface area (TPSA) is 42.5 Å². The minimum atomic E-state index is -0.924. The van der Waals surface area contributed by atoms with Crippen molar-refractivity contribution in [1.82, 2.24) is 14.2 Å². The summed E-state index contributed by atoms with van der Waals surface area (Å²) in [6.07, 6.45) is 10.5. The number of aromatic nitrogens is 3. The van der Waals surface area contributed by atoms with Gasteiger partial charge >= 0.3 is 7.32 Å². The molecule has 0 atom stereocenters. The zero-order valence-electron chi connectivity index (χ0n) is 10.1. The minimum Gasteiger partial charge on any atom is -0.397 e. The maximum absolute atomic E-state index is 5.53. The van der Waals surface area contributed by atoms with E-state index in [4.69, 9.17) is 14.3 Å². The maximum atomic E-state index is 5.53. The molecule has 0 aromatic carbocycles. The van der Waals surface area contributed by atoms with E-state index in [0.717, 1.165) is 0 Å². The second-order valence-electron chi connectivity index (χ2n) is 3.73. The van der Waals surface area contributed by atoms with Gasteiger partial charge in [-0.3, -0.25) is 0 Å². The van der Waals surface area contributed by atoms with Gasteiger partial charge in [0.05, 0.1) is 0 Å². The molecule has 3 aromatic rings. The fourth-order valence-electron chi connectivity index (χ4n) is 1.52. The molecule has 0 radical (unpaired) electrons. The molecule has 0 aliphatic heterocycles. The summed E-state index contributed by atoms with van der Waals surface area (Å²) in [5.41, 5.74) is 0. The number of hydrogen-bond acceptors (Lipinski definition) is 3. The van der Waals surface area contributed by atoms with Crippen LogP contribution in [0.3, 0.4) is 0 Å². The van der Waals surface area contributed by atoms with Crippen LogP contribution in [0.15, 0.2) is 73.6 Å². The molecule has 0 saturated carbocycles. The quantitative estimate of drug-likeness (QED) is 0.612. The number of hydrogen-bond donors (Lipinski definition) is 0. The summed E-state index contributed by atoms with van der Waals surface area (Å²) in [5.74, 6) is 0. The molecule has 3 rings (SSSR count). The van der Waals surface area contributed by atoms with Gasteiger partial charge in [-0.15, -0.1) is 0 Å². The predicted molar refractivity (Wildman–Crippen MR) is 68.8 cm³/mol. The third-order valence-electron chi connectivity index (χ3n) is 2.35. The third kappa shape index (κ3) is 2.95. The second kappa shape index (κ2) is 5.30. The fraction of sp³-hybridized carbons (Fsp3) is 0. The maximum Gasteiger partial charge on any atom is 0.926 e. The SMILES string of the molecule is c1ccn(OB(On2cccc2)On2cccc2)c1. The Hall–Kier alpha value is -2.70. The Labute approximate surface area is 110 Å². The highest BCUT2D eigenvalue weighted by molar-refractivity contribution is 6.37. The molecule has 0 saturated heterocycles. The Bertz CT molecular complexity index is 492. The van der Waals surface area contributed by atoms with Crippen LogP contribution in [0.4, 0.5) is 0 Å². The van der Waals surface area contributed by atoms with Crippen molar-refractivity contribution in [3.05, 3.63) is 73.6 Å². The van der Waals surface area contributed by atoms with Gasteiger partial charge in [0.2, 0.25) is 0 Å². The van der Waals surface area contributed by atoms with Crippen molar-refractivity contribution < 1.29 is 14.3 Å². The van der Waals surface area contributed by atoms with E-state index in [2.05, 4.69) is 0 Å². The average molecular weight is 257 g/mol. The van der Waals surface area contributed by atoms with E-state index >= 15 is 0 Å². The molecule has 0 aliphatic rings. The largest absolute Gasteiger partial charge is 0.926 e. The van der Waals surface area contributed by atoms with Crippen molar-refractivity contribution >= 4 is 7.32 Å². The van der Waals surface area contributed by atoms with Crippen molar-refractivity contribution in [2.75, 3.05) is 0 Å². The van der Waals surface area contributed by atoms with Gasteiger partial charge in [-0.05, 0) is 36.4 Å². The van der Waals surface area contributed by atoms with Gasteiger partial charge in [0.15, 0.2) is 0 Å². The Morgan fingerprint density at radius 3 is 1.00 bits per heavy atom. The first-order chi connectivity index (χ1) is 9.40. The highest BCUT2D eigenvalue weighted by atomic mass is 16.9. The highest BCUT2D eigenvalue weighted by Gasteiger charge is 2.32. The molecule has 0 bridgehead atoms. The zero-order chi connectivity index (χ0) is 12.9. The van der Waals surface area contributed by atoms with Crippen molar-refractivity contribution in [3.8, 4) is 0 Å². The molecule has 0 fully saturated rings. The number of nitrogens with zero attached hydrogens (tertiary/aromatic N) is 3. The van der Waals surface area contributed by atoms with Crippen LogP contribution in [-0.2, 0) is 0 Å². The summed E-state index contributed by atoms with van der Waals surface area (Å²) in [4.78, 5) is 0. The standard InChI is InChI=1S/C12H12BN3O3/c1-2-8-14(7-1)17-13(18-15-9-3-4-10-15)19-16-11-5-6-12-16/h1-12H. The first-order valence-corrected chi connectivity index (χ1v) is 5.80. The third-order valence-corrected chi connectivity index (χ3v) is 2.35. The molecule has 0 unspecified atom stereocenters. The van der Waals surface area contributed by atoms with Crippen LogP contribution in [0.1, 0.15) is 0 Å². The van der Waals surface area contributed by atoms with Gasteiger partial charge in [0, 0.05) is 37.2 Å². The lowest BCUT2D eigenvalue weighted by atomic mass is 10.3. The summed E-state index contributed by atoms with van der Waals surface area (Å²) >= 11 is 0. The normalized spacial score (nSPS) is 10.1. The predicted octanol–water partition coefficient (Wildman–Crippen LogP) is 0.762. The number of rotatable bonds is 6. The van der Waals surface area contributed by atoms with Crippen molar-refractivity contribution in [2.24, 2.45) is 0 Å². The highest BCUT2D eigenvalue weighted by Crippen LogP contribution is 1.93. The van der Waals surface area contributed by atoms with E-state index in [-0.39, 0.29) is 0 Å². The summed E-state index contributed by atoms with van der Waals surface area (Å²) in [6, 6.07) is 11.1. The van der Waals surface area contributed by atoms with Crippen LogP contribution in [0.5, 0.6) is 0 Å².